The lowest BCUT2D eigenvalue weighted by Crippen LogP contribution is -2.07. The number of aromatic nitrogens is 2. The van der Waals surface area contributed by atoms with E-state index in [0.717, 1.165) is 48.2 Å². The molecule has 1 aromatic heterocycles. The van der Waals surface area contributed by atoms with Crippen molar-refractivity contribution in [3.05, 3.63) is 78.6 Å². The summed E-state index contributed by atoms with van der Waals surface area (Å²) in [5, 5.41) is 0. The average Bonchev–Trinajstić information content (AvgIpc) is 2.85. The van der Waals surface area contributed by atoms with Gasteiger partial charge in [0.15, 0.2) is 5.82 Å². The van der Waals surface area contributed by atoms with Crippen molar-refractivity contribution in [1.29, 1.82) is 0 Å². The third-order valence-corrected chi connectivity index (χ3v) is 5.49. The van der Waals surface area contributed by atoms with Crippen molar-refractivity contribution < 1.29 is 9.53 Å². The van der Waals surface area contributed by atoms with E-state index in [0.29, 0.717) is 12.2 Å². The third kappa shape index (κ3) is 7.98. The van der Waals surface area contributed by atoms with Crippen LogP contribution in [0, 0.1) is 0 Å². The topological polar surface area (TPSA) is 52.1 Å². The lowest BCUT2D eigenvalue weighted by molar-refractivity contribution is -0.134. The SMILES string of the molecule is CC/C=C\CCCC(=O)Oc1ccc(-c2ccc(-c3ncc(CCCCC)cn3)cc2)cc1. The Hall–Kier alpha value is -3.27. The maximum Gasteiger partial charge on any atom is 0.311 e. The third-order valence-electron chi connectivity index (χ3n) is 5.49. The summed E-state index contributed by atoms with van der Waals surface area (Å²) in [4.78, 5) is 21.1. The van der Waals surface area contributed by atoms with Crippen LogP contribution in [0.15, 0.2) is 73.1 Å². The lowest BCUT2D eigenvalue weighted by Gasteiger charge is -2.07. The van der Waals surface area contributed by atoms with Crippen molar-refractivity contribution in [2.24, 2.45) is 0 Å². The highest BCUT2D eigenvalue weighted by molar-refractivity contribution is 5.73. The average molecular weight is 443 g/mol. The molecule has 0 unspecified atom stereocenters. The van der Waals surface area contributed by atoms with E-state index in [1.165, 1.54) is 24.8 Å². The van der Waals surface area contributed by atoms with Crippen LogP contribution in [0.3, 0.4) is 0 Å². The second kappa shape index (κ2) is 13.3. The summed E-state index contributed by atoms with van der Waals surface area (Å²) in [7, 11) is 0. The molecule has 4 nitrogen and oxygen atoms in total. The summed E-state index contributed by atoms with van der Waals surface area (Å²) in [6, 6.07) is 15.9. The van der Waals surface area contributed by atoms with Gasteiger partial charge in [0.2, 0.25) is 0 Å². The van der Waals surface area contributed by atoms with Crippen molar-refractivity contribution in [1.82, 2.24) is 9.97 Å². The number of rotatable bonds is 12. The van der Waals surface area contributed by atoms with E-state index >= 15 is 0 Å². The van der Waals surface area contributed by atoms with Gasteiger partial charge in [-0.25, -0.2) is 9.97 Å². The number of benzene rings is 2. The number of nitrogens with zero attached hydrogens (tertiary/aromatic N) is 2. The number of hydrogen-bond acceptors (Lipinski definition) is 4. The van der Waals surface area contributed by atoms with Crippen molar-refractivity contribution in [3.63, 3.8) is 0 Å². The van der Waals surface area contributed by atoms with E-state index in [1.807, 2.05) is 48.8 Å². The molecule has 0 radical (unpaired) electrons. The zero-order valence-electron chi connectivity index (χ0n) is 19.8. The monoisotopic (exact) mass is 442 g/mol. The van der Waals surface area contributed by atoms with Gasteiger partial charge in [0.25, 0.3) is 0 Å². The summed E-state index contributed by atoms with van der Waals surface area (Å²) < 4.78 is 5.45. The molecule has 0 aliphatic heterocycles. The van der Waals surface area contributed by atoms with Crippen molar-refractivity contribution in [3.8, 4) is 28.3 Å². The van der Waals surface area contributed by atoms with Crippen LogP contribution in [0.2, 0.25) is 0 Å². The van der Waals surface area contributed by atoms with Gasteiger partial charge in [-0.1, -0.05) is 75.2 Å². The van der Waals surface area contributed by atoms with E-state index in [1.54, 1.807) is 0 Å². The van der Waals surface area contributed by atoms with Gasteiger partial charge >= 0.3 is 5.97 Å². The molecule has 0 spiro atoms. The highest BCUT2D eigenvalue weighted by Crippen LogP contribution is 2.25. The molecule has 2 aromatic carbocycles. The number of aryl methyl sites for hydroxylation is 1. The molecule has 0 saturated carbocycles. The zero-order valence-corrected chi connectivity index (χ0v) is 19.8. The fraction of sp³-hybridized carbons (Fsp3) is 0.345. The zero-order chi connectivity index (χ0) is 23.3. The Kier molecular flexibility index (Phi) is 9.84. The molecule has 4 heteroatoms. The number of ether oxygens (including phenoxy) is 1. The van der Waals surface area contributed by atoms with Crippen molar-refractivity contribution >= 4 is 5.97 Å². The maximum absolute atomic E-state index is 12.0. The van der Waals surface area contributed by atoms with Gasteiger partial charge in [-0.3, -0.25) is 4.79 Å². The van der Waals surface area contributed by atoms with Crippen LogP contribution in [0.5, 0.6) is 5.75 Å². The lowest BCUT2D eigenvalue weighted by atomic mass is 10.0. The predicted octanol–water partition coefficient (Wildman–Crippen LogP) is 7.59. The predicted molar refractivity (Wildman–Crippen MR) is 135 cm³/mol. The molecule has 0 atom stereocenters. The van der Waals surface area contributed by atoms with Gasteiger partial charge in [0, 0.05) is 24.4 Å². The summed E-state index contributed by atoms with van der Waals surface area (Å²) in [5.74, 6) is 1.14. The molecule has 0 aliphatic rings. The first-order valence-electron chi connectivity index (χ1n) is 12.1. The fourth-order valence-electron chi connectivity index (χ4n) is 3.57. The fourth-order valence-corrected chi connectivity index (χ4v) is 3.57. The number of allylic oxidation sites excluding steroid dienone is 2. The second-order valence-electron chi connectivity index (χ2n) is 8.22. The summed E-state index contributed by atoms with van der Waals surface area (Å²) in [5.41, 5.74) is 4.35. The summed E-state index contributed by atoms with van der Waals surface area (Å²) in [6.45, 7) is 4.31. The Morgan fingerprint density at radius 2 is 1.45 bits per heavy atom. The largest absolute Gasteiger partial charge is 0.427 e. The Morgan fingerprint density at radius 3 is 2.09 bits per heavy atom. The van der Waals surface area contributed by atoms with E-state index in [4.69, 9.17) is 4.74 Å². The molecule has 3 rings (SSSR count). The van der Waals surface area contributed by atoms with Gasteiger partial charge in [-0.05, 0) is 60.9 Å². The van der Waals surface area contributed by atoms with Gasteiger partial charge < -0.3 is 4.74 Å². The second-order valence-corrected chi connectivity index (χ2v) is 8.22. The number of unbranched alkanes of at least 4 members (excludes halogenated alkanes) is 3. The van der Waals surface area contributed by atoms with E-state index < -0.39 is 0 Å². The minimum absolute atomic E-state index is 0.187. The number of esters is 1. The van der Waals surface area contributed by atoms with Crippen LogP contribution in [0.1, 0.15) is 64.4 Å². The first-order valence-corrected chi connectivity index (χ1v) is 12.1. The van der Waals surface area contributed by atoms with Gasteiger partial charge in [0.1, 0.15) is 5.75 Å². The van der Waals surface area contributed by atoms with Gasteiger partial charge in [-0.15, -0.1) is 0 Å². The maximum atomic E-state index is 12.0. The van der Waals surface area contributed by atoms with Crippen molar-refractivity contribution in [2.45, 2.75) is 65.2 Å². The van der Waals surface area contributed by atoms with Crippen LogP contribution in [0.25, 0.3) is 22.5 Å². The minimum atomic E-state index is -0.187. The van der Waals surface area contributed by atoms with Crippen molar-refractivity contribution in [2.75, 3.05) is 0 Å². The first kappa shape index (κ1) is 24.4. The van der Waals surface area contributed by atoms with Gasteiger partial charge in [0.05, 0.1) is 0 Å². The molecular weight excluding hydrogens is 408 g/mol. The molecule has 0 N–H and O–H groups in total. The molecule has 0 amide bonds. The molecule has 3 aromatic rings. The normalized spacial score (nSPS) is 11.1. The number of carbonyl (C=O) groups excluding carboxylic acids is 1. The quantitative estimate of drug-likeness (QED) is 0.125. The Bertz CT molecular complexity index is 1010. The summed E-state index contributed by atoms with van der Waals surface area (Å²) in [6.07, 6.45) is 16.0. The molecule has 0 bridgehead atoms. The molecule has 0 fully saturated rings. The summed E-state index contributed by atoms with van der Waals surface area (Å²) >= 11 is 0. The first-order chi connectivity index (χ1) is 16.2. The minimum Gasteiger partial charge on any atom is -0.427 e. The molecule has 33 heavy (non-hydrogen) atoms. The van der Waals surface area contributed by atoms with Crippen LogP contribution < -0.4 is 4.74 Å². The molecule has 0 saturated heterocycles. The Labute approximate surface area is 197 Å². The van der Waals surface area contributed by atoms with Crippen LogP contribution in [-0.4, -0.2) is 15.9 Å². The molecule has 172 valence electrons. The molecule has 1 heterocycles. The van der Waals surface area contributed by atoms with E-state index in [2.05, 4.69) is 48.1 Å². The number of carbonyl (C=O) groups is 1. The number of hydrogen-bond donors (Lipinski definition) is 0. The van der Waals surface area contributed by atoms with Crippen LogP contribution in [-0.2, 0) is 11.2 Å². The molecular formula is C29H34N2O2. The van der Waals surface area contributed by atoms with E-state index in [9.17, 15) is 4.79 Å². The Balaban J connectivity index is 1.54. The van der Waals surface area contributed by atoms with Crippen LogP contribution in [0.4, 0.5) is 0 Å². The van der Waals surface area contributed by atoms with Crippen LogP contribution >= 0.6 is 0 Å². The highest BCUT2D eigenvalue weighted by atomic mass is 16.5. The molecule has 0 aliphatic carbocycles. The smallest absolute Gasteiger partial charge is 0.311 e. The van der Waals surface area contributed by atoms with E-state index in [-0.39, 0.29) is 5.97 Å². The Morgan fingerprint density at radius 1 is 0.818 bits per heavy atom. The van der Waals surface area contributed by atoms with Gasteiger partial charge in [-0.2, -0.15) is 0 Å². The standard InChI is InChI=1S/C29H34N2O2/c1-3-5-7-8-10-12-28(32)33-27-19-17-25(18-20-27)24-13-15-26(16-14-24)29-30-21-23(22-31-29)11-9-6-4-2/h5,7,13-22H,3-4,6,8-12H2,1-2H3/b7-5-. The highest BCUT2D eigenvalue weighted by Gasteiger charge is 2.06.